The van der Waals surface area contributed by atoms with E-state index in [4.69, 9.17) is 10.2 Å². The highest BCUT2D eigenvalue weighted by Crippen LogP contribution is 2.39. The first-order valence-corrected chi connectivity index (χ1v) is 15.4. The van der Waals surface area contributed by atoms with E-state index in [0.29, 0.717) is 32.2 Å². The highest BCUT2D eigenvalue weighted by molar-refractivity contribution is 5.92. The number of likely N-dealkylation sites (tertiary alicyclic amines) is 1. The van der Waals surface area contributed by atoms with Crippen LogP contribution in [0.1, 0.15) is 95.7 Å². The van der Waals surface area contributed by atoms with Gasteiger partial charge in [-0.1, -0.05) is 99.1 Å². The largest absolute Gasteiger partial charge is 0.481 e. The van der Waals surface area contributed by atoms with Gasteiger partial charge in [0.2, 0.25) is 5.91 Å². The topological polar surface area (TPSA) is 94.9 Å². The Labute approximate surface area is 250 Å². The average Bonchev–Trinajstić information content (AvgIpc) is 3.27. The molecule has 1 heterocycles. The summed E-state index contributed by atoms with van der Waals surface area (Å²) in [6.45, 7) is 6.35. The predicted molar refractivity (Wildman–Crippen MR) is 166 cm³/mol. The molecule has 0 spiro atoms. The van der Waals surface area contributed by atoms with E-state index in [-0.39, 0.29) is 24.3 Å². The van der Waals surface area contributed by atoms with Crippen LogP contribution in [0.25, 0.3) is 0 Å². The van der Waals surface area contributed by atoms with Crippen molar-refractivity contribution in [1.29, 1.82) is 0 Å². The number of alkyl halides is 1. The minimum absolute atomic E-state index is 0.0608. The molecule has 0 aliphatic carbocycles. The van der Waals surface area contributed by atoms with E-state index in [0.717, 1.165) is 48.8 Å². The van der Waals surface area contributed by atoms with Crippen LogP contribution in [0.5, 0.6) is 0 Å². The average molecular weight is 582 g/mol. The summed E-state index contributed by atoms with van der Waals surface area (Å²) >= 11 is 0. The van der Waals surface area contributed by atoms with Gasteiger partial charge in [-0.3, -0.25) is 14.4 Å². The van der Waals surface area contributed by atoms with E-state index in [2.05, 4.69) is 38.2 Å². The second-order valence-electron chi connectivity index (χ2n) is 10.9. The Morgan fingerprint density at radius 3 is 2.17 bits per heavy atom. The van der Waals surface area contributed by atoms with Gasteiger partial charge in [-0.2, -0.15) is 0 Å². The van der Waals surface area contributed by atoms with E-state index < -0.39 is 24.5 Å². The molecule has 1 aliphatic heterocycles. The zero-order chi connectivity index (χ0) is 30.9. The van der Waals surface area contributed by atoms with E-state index in [9.17, 15) is 18.8 Å². The Bertz CT molecular complexity index is 1120. The smallest absolute Gasteiger partial charge is 0.317 e. The zero-order valence-corrected chi connectivity index (χ0v) is 25.4. The van der Waals surface area contributed by atoms with E-state index in [1.54, 1.807) is 0 Å². The SMILES string of the molecule is CC/C=C(\C=C/CN1C(=O)C(CCC(/C=C\CF)=C/CC)C[C@H]1c1ccc(CCCC(C(=O)O)C(=O)O)cc1)CCC. The van der Waals surface area contributed by atoms with Crippen molar-refractivity contribution in [2.45, 2.75) is 91.0 Å². The van der Waals surface area contributed by atoms with Crippen LogP contribution in [0.3, 0.4) is 0 Å². The number of carboxylic acid groups (broad SMARTS) is 2. The van der Waals surface area contributed by atoms with E-state index >= 15 is 0 Å². The molecular formula is C35H48FNO5. The highest BCUT2D eigenvalue weighted by Gasteiger charge is 2.39. The number of carboxylic acids is 2. The molecule has 1 unspecified atom stereocenters. The number of rotatable bonds is 19. The van der Waals surface area contributed by atoms with Crippen LogP contribution in [0.2, 0.25) is 0 Å². The molecule has 0 bridgehead atoms. The number of halogens is 1. The monoisotopic (exact) mass is 581 g/mol. The number of benzene rings is 1. The molecule has 0 aromatic heterocycles. The van der Waals surface area contributed by atoms with Crippen molar-refractivity contribution in [3.8, 4) is 0 Å². The molecule has 0 saturated carbocycles. The molecule has 2 N–H and O–H groups in total. The van der Waals surface area contributed by atoms with Gasteiger partial charge in [0, 0.05) is 12.5 Å². The standard InChI is InChI=1S/C35H48FNO5/c1-4-10-26(11-5-2)15-9-24-37-32(25-30(33(37)38)22-19-27(12-6-3)14-8-23-36)29-20-17-28(18-21-29)13-7-16-31(34(39)40)35(41)42/h8-10,12,14-15,17-18,20-21,30-32H,4-7,11,13,16,19,22-25H2,1-3H3,(H,39,40)(H,41,42)/b14-8-,15-9-,26-10-,27-12+/t30?,32-/m0/s1. The second-order valence-corrected chi connectivity index (χ2v) is 10.9. The molecule has 230 valence electrons. The molecule has 1 saturated heterocycles. The quantitative estimate of drug-likeness (QED) is 0.127. The lowest BCUT2D eigenvalue weighted by Crippen LogP contribution is -2.29. The van der Waals surface area contributed by atoms with Crippen LogP contribution in [0.4, 0.5) is 4.39 Å². The summed E-state index contributed by atoms with van der Waals surface area (Å²) in [6.07, 6.45) is 19.0. The Hall–Kier alpha value is -3.48. The number of carbonyl (C=O) groups is 3. The van der Waals surface area contributed by atoms with Gasteiger partial charge in [0.15, 0.2) is 5.92 Å². The molecule has 2 rings (SSSR count). The molecule has 7 heteroatoms. The Balaban J connectivity index is 2.20. The lowest BCUT2D eigenvalue weighted by atomic mass is 9.93. The zero-order valence-electron chi connectivity index (χ0n) is 25.4. The second kappa shape index (κ2) is 18.9. The number of allylic oxidation sites excluding steroid dienone is 7. The van der Waals surface area contributed by atoms with Gasteiger partial charge < -0.3 is 15.1 Å². The summed E-state index contributed by atoms with van der Waals surface area (Å²) in [5.74, 6) is -3.99. The van der Waals surface area contributed by atoms with Crippen molar-refractivity contribution in [2.75, 3.05) is 13.2 Å². The number of hydrogen-bond acceptors (Lipinski definition) is 3. The van der Waals surface area contributed by atoms with Gasteiger partial charge in [0.1, 0.15) is 6.67 Å². The van der Waals surface area contributed by atoms with Crippen molar-refractivity contribution < 1.29 is 29.0 Å². The Morgan fingerprint density at radius 1 is 0.976 bits per heavy atom. The number of amides is 1. The third-order valence-corrected chi connectivity index (χ3v) is 7.74. The lowest BCUT2D eigenvalue weighted by molar-refractivity contribution is -0.154. The van der Waals surface area contributed by atoms with Crippen LogP contribution in [-0.4, -0.2) is 46.2 Å². The van der Waals surface area contributed by atoms with Crippen LogP contribution < -0.4 is 0 Å². The van der Waals surface area contributed by atoms with E-state index in [1.807, 2.05) is 42.2 Å². The van der Waals surface area contributed by atoms with Gasteiger partial charge in [-0.25, -0.2) is 4.39 Å². The van der Waals surface area contributed by atoms with Crippen LogP contribution in [0.15, 0.2) is 71.9 Å². The molecule has 1 aliphatic rings. The number of carbonyl (C=O) groups excluding carboxylic acids is 1. The third-order valence-electron chi connectivity index (χ3n) is 7.74. The normalized spacial score (nSPS) is 18.2. The Kier molecular flexibility index (Phi) is 15.6. The maximum Gasteiger partial charge on any atom is 0.317 e. The van der Waals surface area contributed by atoms with Crippen molar-refractivity contribution in [2.24, 2.45) is 11.8 Å². The first kappa shape index (κ1) is 34.7. The molecule has 6 nitrogen and oxygen atoms in total. The molecule has 42 heavy (non-hydrogen) atoms. The summed E-state index contributed by atoms with van der Waals surface area (Å²) in [5, 5.41) is 18.2. The van der Waals surface area contributed by atoms with Crippen LogP contribution in [-0.2, 0) is 20.8 Å². The molecule has 0 radical (unpaired) electrons. The molecule has 1 fully saturated rings. The number of hydrogen-bond donors (Lipinski definition) is 2. The third kappa shape index (κ3) is 11.1. The lowest BCUT2D eigenvalue weighted by Gasteiger charge is -2.24. The number of aryl methyl sites for hydroxylation is 1. The van der Waals surface area contributed by atoms with Gasteiger partial charge in [-0.15, -0.1) is 0 Å². The summed E-state index contributed by atoms with van der Waals surface area (Å²) in [6, 6.07) is 7.98. The first-order chi connectivity index (χ1) is 20.2. The fourth-order valence-corrected chi connectivity index (χ4v) is 5.60. The fraction of sp³-hybridized carbons (Fsp3) is 0.514. The van der Waals surface area contributed by atoms with Gasteiger partial charge in [-0.05, 0) is 68.9 Å². The van der Waals surface area contributed by atoms with Gasteiger partial charge in [0.25, 0.3) is 0 Å². The maximum absolute atomic E-state index is 13.7. The fourth-order valence-electron chi connectivity index (χ4n) is 5.60. The van der Waals surface area contributed by atoms with Gasteiger partial charge >= 0.3 is 11.9 Å². The summed E-state index contributed by atoms with van der Waals surface area (Å²) in [4.78, 5) is 37.9. The van der Waals surface area contributed by atoms with Crippen molar-refractivity contribution >= 4 is 17.8 Å². The van der Waals surface area contributed by atoms with Crippen molar-refractivity contribution in [3.05, 3.63) is 83.0 Å². The Morgan fingerprint density at radius 2 is 1.60 bits per heavy atom. The maximum atomic E-state index is 13.7. The van der Waals surface area contributed by atoms with Gasteiger partial charge in [0.05, 0.1) is 6.04 Å². The molecule has 2 atom stereocenters. The van der Waals surface area contributed by atoms with Crippen molar-refractivity contribution in [1.82, 2.24) is 4.90 Å². The predicted octanol–water partition coefficient (Wildman–Crippen LogP) is 8.02. The minimum Gasteiger partial charge on any atom is -0.481 e. The summed E-state index contributed by atoms with van der Waals surface area (Å²) in [7, 11) is 0. The van der Waals surface area contributed by atoms with Crippen LogP contribution in [0, 0.1) is 11.8 Å². The van der Waals surface area contributed by atoms with E-state index in [1.165, 1.54) is 11.6 Å². The molecule has 1 aromatic rings. The minimum atomic E-state index is -1.39. The highest BCUT2D eigenvalue weighted by atomic mass is 19.1. The molecular weight excluding hydrogens is 533 g/mol. The van der Waals surface area contributed by atoms with Crippen molar-refractivity contribution in [3.63, 3.8) is 0 Å². The molecule has 1 amide bonds. The molecule has 1 aromatic carbocycles. The van der Waals surface area contributed by atoms with Crippen LogP contribution >= 0.6 is 0 Å². The number of nitrogens with zero attached hydrogens (tertiary/aromatic N) is 1. The number of aliphatic carboxylic acids is 2. The summed E-state index contributed by atoms with van der Waals surface area (Å²) < 4.78 is 12.7. The summed E-state index contributed by atoms with van der Waals surface area (Å²) in [5.41, 5.74) is 4.40. The first-order valence-electron chi connectivity index (χ1n) is 15.4.